The van der Waals surface area contributed by atoms with Gasteiger partial charge in [0.1, 0.15) is 23.6 Å². The van der Waals surface area contributed by atoms with Crippen molar-refractivity contribution in [2.24, 2.45) is 5.92 Å². The molecule has 1 fully saturated rings. The SMILES string of the molecule is CN(Cc1ccccc1CN(CC(=O)Nc1ccc2c(c1)CC1(C2)C(=O)Nc2ncccc21)C(=O)C1CCN(C(=O)OC(C)(C)C)CC1)C(=O)OC(C)(C)C. The predicted octanol–water partition coefficient (Wildman–Crippen LogP) is 6.05. The number of likely N-dealkylation sites (tertiary alicyclic amines) is 1. The number of aromatic nitrogens is 1. The number of carbonyl (C=O) groups excluding carboxylic acids is 5. The molecule has 3 aromatic rings. The summed E-state index contributed by atoms with van der Waals surface area (Å²) < 4.78 is 11.1. The zero-order chi connectivity index (χ0) is 39.7. The second-order valence-corrected chi connectivity index (χ2v) is 16.9. The van der Waals surface area contributed by atoms with Gasteiger partial charge in [0.2, 0.25) is 17.7 Å². The number of nitrogens with one attached hydrogen (secondary N) is 2. The number of nitrogens with zero attached hydrogens (tertiary/aromatic N) is 4. The van der Waals surface area contributed by atoms with E-state index in [1.54, 1.807) is 23.0 Å². The predicted molar refractivity (Wildman–Crippen MR) is 207 cm³/mol. The Bertz CT molecular complexity index is 1980. The van der Waals surface area contributed by atoms with Gasteiger partial charge in [0.25, 0.3) is 0 Å². The van der Waals surface area contributed by atoms with Crippen LogP contribution in [0.25, 0.3) is 0 Å². The summed E-state index contributed by atoms with van der Waals surface area (Å²) in [6.07, 6.45) is 2.66. The third-order valence-electron chi connectivity index (χ3n) is 10.2. The fraction of sp³-hybridized carbons (Fsp3) is 0.476. The van der Waals surface area contributed by atoms with Gasteiger partial charge in [-0.2, -0.15) is 0 Å². The van der Waals surface area contributed by atoms with Crippen LogP contribution in [0.15, 0.2) is 60.8 Å². The molecule has 55 heavy (non-hydrogen) atoms. The first-order valence-corrected chi connectivity index (χ1v) is 18.9. The molecule has 292 valence electrons. The minimum Gasteiger partial charge on any atom is -0.444 e. The first-order valence-electron chi connectivity index (χ1n) is 18.9. The lowest BCUT2D eigenvalue weighted by Crippen LogP contribution is -2.47. The fourth-order valence-electron chi connectivity index (χ4n) is 7.56. The molecule has 0 radical (unpaired) electrons. The molecule has 0 saturated carbocycles. The maximum atomic E-state index is 14.3. The second kappa shape index (κ2) is 15.3. The van der Waals surface area contributed by atoms with Crippen LogP contribution in [-0.2, 0) is 55.2 Å². The topological polar surface area (TPSA) is 150 Å². The first kappa shape index (κ1) is 39.2. The molecule has 0 bridgehead atoms. The minimum atomic E-state index is -0.734. The molecule has 2 aromatic carbocycles. The van der Waals surface area contributed by atoms with E-state index in [0.29, 0.717) is 50.3 Å². The number of carbonyl (C=O) groups is 5. The molecule has 1 unspecified atom stereocenters. The van der Waals surface area contributed by atoms with Gasteiger partial charge in [-0.15, -0.1) is 0 Å². The molecular weight excluding hydrogens is 700 g/mol. The Morgan fingerprint density at radius 1 is 0.891 bits per heavy atom. The Kier molecular flexibility index (Phi) is 11.0. The van der Waals surface area contributed by atoms with Gasteiger partial charge in [-0.1, -0.05) is 36.4 Å². The van der Waals surface area contributed by atoms with E-state index in [-0.39, 0.29) is 37.4 Å². The maximum Gasteiger partial charge on any atom is 0.410 e. The number of amides is 5. The molecule has 1 atom stereocenters. The van der Waals surface area contributed by atoms with E-state index in [1.165, 1.54) is 4.90 Å². The average molecular weight is 753 g/mol. The van der Waals surface area contributed by atoms with Gasteiger partial charge in [0, 0.05) is 56.6 Å². The van der Waals surface area contributed by atoms with Crippen molar-refractivity contribution in [2.45, 2.75) is 96.9 Å². The van der Waals surface area contributed by atoms with Gasteiger partial charge in [-0.05, 0) is 108 Å². The van der Waals surface area contributed by atoms with E-state index in [2.05, 4.69) is 15.6 Å². The van der Waals surface area contributed by atoms with Crippen molar-refractivity contribution >= 4 is 41.4 Å². The first-order chi connectivity index (χ1) is 25.9. The Hall–Kier alpha value is -5.46. The van der Waals surface area contributed by atoms with Crippen LogP contribution in [0.1, 0.15) is 82.2 Å². The van der Waals surface area contributed by atoms with E-state index >= 15 is 0 Å². The summed E-state index contributed by atoms with van der Waals surface area (Å²) in [5.41, 5.74) is 3.04. The van der Waals surface area contributed by atoms with Crippen LogP contribution in [0, 0.1) is 5.92 Å². The normalized spacial score (nSPS) is 17.9. The number of fused-ring (bicyclic) bond motifs is 3. The molecule has 6 rings (SSSR count). The molecule has 1 aliphatic carbocycles. The van der Waals surface area contributed by atoms with Crippen LogP contribution in [0.3, 0.4) is 0 Å². The number of pyridine rings is 1. The van der Waals surface area contributed by atoms with Crippen LogP contribution in [0.4, 0.5) is 21.1 Å². The van der Waals surface area contributed by atoms with Gasteiger partial charge in [0.15, 0.2) is 0 Å². The Labute approximate surface area is 322 Å². The van der Waals surface area contributed by atoms with Crippen LogP contribution >= 0.6 is 0 Å². The zero-order valence-corrected chi connectivity index (χ0v) is 32.9. The molecule has 1 aromatic heterocycles. The standard InChI is InChI=1S/C42H52N6O7/c1-40(2,3)54-38(52)46(7)24-29-11-8-9-12-30(29)25-48(36(50)27-16-19-47(20-17-27)39(53)55-41(4,5)6)26-34(49)44-32-15-14-28-22-42(23-31(28)21-32)33-13-10-18-43-35(33)45-37(42)51/h8-15,18,21,27H,16-17,19-20,22-26H2,1-7H3,(H,44,49)(H,43,45,51). The molecule has 5 amide bonds. The van der Waals surface area contributed by atoms with Gasteiger partial charge in [-0.25, -0.2) is 14.6 Å². The third kappa shape index (κ3) is 9.09. The van der Waals surface area contributed by atoms with Crippen molar-refractivity contribution in [3.05, 3.63) is 88.6 Å². The molecule has 2 aliphatic heterocycles. The van der Waals surface area contributed by atoms with Crippen LogP contribution in [0.5, 0.6) is 0 Å². The van der Waals surface area contributed by atoms with Gasteiger partial charge in [-0.3, -0.25) is 14.4 Å². The molecule has 3 aliphatic rings. The van der Waals surface area contributed by atoms with Crippen molar-refractivity contribution < 1.29 is 33.4 Å². The number of rotatable bonds is 8. The number of ether oxygens (including phenoxy) is 2. The lowest BCUT2D eigenvalue weighted by molar-refractivity contribution is -0.140. The van der Waals surface area contributed by atoms with E-state index in [1.807, 2.05) is 96.1 Å². The molecule has 13 heteroatoms. The Morgan fingerprint density at radius 3 is 2.22 bits per heavy atom. The van der Waals surface area contributed by atoms with E-state index < -0.39 is 34.7 Å². The van der Waals surface area contributed by atoms with Crippen molar-refractivity contribution in [3.63, 3.8) is 0 Å². The summed E-state index contributed by atoms with van der Waals surface area (Å²) >= 11 is 0. The van der Waals surface area contributed by atoms with E-state index in [4.69, 9.17) is 9.47 Å². The largest absolute Gasteiger partial charge is 0.444 e. The number of hydrogen-bond donors (Lipinski definition) is 2. The number of benzene rings is 2. The van der Waals surface area contributed by atoms with Gasteiger partial charge in [0.05, 0.1) is 5.41 Å². The van der Waals surface area contributed by atoms with Crippen LogP contribution < -0.4 is 10.6 Å². The number of hydrogen-bond acceptors (Lipinski definition) is 8. The van der Waals surface area contributed by atoms with Crippen molar-refractivity contribution in [2.75, 3.05) is 37.3 Å². The highest BCUT2D eigenvalue weighted by Gasteiger charge is 2.51. The Balaban J connectivity index is 1.18. The monoisotopic (exact) mass is 752 g/mol. The minimum absolute atomic E-state index is 0.0772. The lowest BCUT2D eigenvalue weighted by Gasteiger charge is -2.35. The molecule has 2 N–H and O–H groups in total. The van der Waals surface area contributed by atoms with Crippen molar-refractivity contribution in [3.8, 4) is 0 Å². The fourth-order valence-corrected chi connectivity index (χ4v) is 7.56. The quantitative estimate of drug-likeness (QED) is 0.283. The number of anilines is 2. The molecule has 13 nitrogen and oxygen atoms in total. The molecular formula is C42H52N6O7. The van der Waals surface area contributed by atoms with Gasteiger partial charge < -0.3 is 34.8 Å². The van der Waals surface area contributed by atoms with Crippen molar-refractivity contribution in [1.29, 1.82) is 0 Å². The van der Waals surface area contributed by atoms with E-state index in [9.17, 15) is 24.0 Å². The average Bonchev–Trinajstić information content (AvgIpc) is 3.63. The molecule has 1 saturated heterocycles. The summed E-state index contributed by atoms with van der Waals surface area (Å²) in [7, 11) is 1.66. The van der Waals surface area contributed by atoms with Gasteiger partial charge >= 0.3 is 12.2 Å². The summed E-state index contributed by atoms with van der Waals surface area (Å²) in [5.74, 6) is -0.457. The summed E-state index contributed by atoms with van der Waals surface area (Å²) in [4.78, 5) is 75.9. The van der Waals surface area contributed by atoms with E-state index in [0.717, 1.165) is 27.8 Å². The highest BCUT2D eigenvalue weighted by Crippen LogP contribution is 2.47. The summed E-state index contributed by atoms with van der Waals surface area (Å²) in [5, 5.41) is 5.93. The zero-order valence-electron chi connectivity index (χ0n) is 32.9. The second-order valence-electron chi connectivity index (χ2n) is 16.9. The smallest absolute Gasteiger partial charge is 0.410 e. The summed E-state index contributed by atoms with van der Waals surface area (Å²) in [6, 6.07) is 17.0. The van der Waals surface area contributed by atoms with Crippen molar-refractivity contribution in [1.82, 2.24) is 19.7 Å². The maximum absolute atomic E-state index is 14.3. The van der Waals surface area contributed by atoms with Crippen LogP contribution in [0.2, 0.25) is 0 Å². The highest BCUT2D eigenvalue weighted by atomic mass is 16.6. The summed E-state index contributed by atoms with van der Waals surface area (Å²) in [6.45, 7) is 11.7. The third-order valence-corrected chi connectivity index (χ3v) is 10.2. The number of piperidine rings is 1. The van der Waals surface area contributed by atoms with Crippen LogP contribution in [-0.4, -0.2) is 87.5 Å². The molecule has 1 spiro atoms. The lowest BCUT2D eigenvalue weighted by atomic mass is 9.79. The molecule has 3 heterocycles. The Morgan fingerprint density at radius 2 is 1.55 bits per heavy atom. The highest BCUT2D eigenvalue weighted by molar-refractivity contribution is 6.06.